The number of alkyl halides is 1. The molecule has 0 bridgehead atoms. The Morgan fingerprint density at radius 3 is 0.938 bits per heavy atom. The van der Waals surface area contributed by atoms with Crippen LogP contribution in [0.3, 0.4) is 0 Å². The van der Waals surface area contributed by atoms with Crippen LogP contribution in [0.1, 0.15) is 238 Å². The largest absolute Gasteiger partial charge is 1.00 e. The van der Waals surface area contributed by atoms with Crippen molar-refractivity contribution in [2.24, 2.45) is 28.2 Å². The van der Waals surface area contributed by atoms with E-state index in [9.17, 15) is 23.6 Å². The molecule has 0 N–H and O–H groups in total. The molecule has 113 heavy (non-hydrogen) atoms. The van der Waals surface area contributed by atoms with E-state index in [1.165, 1.54) is 46.5 Å². The molecule has 3 aliphatic heterocycles. The van der Waals surface area contributed by atoms with E-state index in [4.69, 9.17) is 38.3 Å². The number of carbonyl (C=O) groups is 1. The molecule has 3 saturated heterocycles. The number of aryl methyl sites for hydroxylation is 4. The number of fused-ring (bicyclic) bond motifs is 4. The van der Waals surface area contributed by atoms with Gasteiger partial charge in [0.15, 0.2) is 22.1 Å². The van der Waals surface area contributed by atoms with Crippen LogP contribution in [0.5, 0.6) is 0 Å². The van der Waals surface area contributed by atoms with Crippen LogP contribution < -0.4 is 180 Å². The molecule has 1 unspecified atom stereocenters. The van der Waals surface area contributed by atoms with Crippen molar-refractivity contribution in [3.05, 3.63) is 213 Å². The molecule has 0 spiro atoms. The van der Waals surface area contributed by atoms with E-state index in [0.29, 0.717) is 39.9 Å². The molecule has 0 radical (unpaired) electrons. The van der Waals surface area contributed by atoms with E-state index >= 15 is 0 Å². The van der Waals surface area contributed by atoms with Gasteiger partial charge in [-0.25, -0.2) is 38.0 Å². The Labute approximate surface area is 782 Å². The summed E-state index contributed by atoms with van der Waals surface area (Å²) in [5, 5.41) is 27.1. The van der Waals surface area contributed by atoms with Crippen molar-refractivity contribution in [2.45, 2.75) is 195 Å². The van der Waals surface area contributed by atoms with Gasteiger partial charge in [0.1, 0.15) is 23.3 Å². The van der Waals surface area contributed by atoms with Crippen molar-refractivity contribution in [2.75, 3.05) is 41.5 Å². The summed E-state index contributed by atoms with van der Waals surface area (Å²) in [7, 11) is 5.94. The summed E-state index contributed by atoms with van der Waals surface area (Å²) >= 11 is 5.83. The van der Waals surface area contributed by atoms with Crippen LogP contribution >= 0.6 is 11.6 Å². The third-order valence-electron chi connectivity index (χ3n) is 20.4. The maximum Gasteiger partial charge on any atom is 1.00 e. The van der Waals surface area contributed by atoms with Gasteiger partial charge in [-0.15, -0.1) is 20.4 Å². The zero-order chi connectivity index (χ0) is 80.9. The average molecular weight is 1810 g/mol. The van der Waals surface area contributed by atoms with E-state index in [0.717, 1.165) is 127 Å². The Morgan fingerprint density at radius 1 is 0.434 bits per heavy atom. The van der Waals surface area contributed by atoms with Crippen molar-refractivity contribution in [1.29, 1.82) is 0 Å². The normalized spacial score (nSPS) is 16.0. The molecule has 592 valence electrons. The first-order valence-electron chi connectivity index (χ1n) is 38.3. The zero-order valence-corrected chi connectivity index (χ0v) is 81.5. The third-order valence-corrected chi connectivity index (χ3v) is 20.8. The molecule has 4 aliphatic rings. The monoisotopic (exact) mass is 1810 g/mol. The van der Waals surface area contributed by atoms with E-state index in [1.54, 1.807) is 74.0 Å². The SMILES string of the molecule is CC(C)c1ncc2c(=O)n(C)c(Cl)nn12.Cc1ccc(C2CCCC2)cn1.Cc1ccc(C2CCCN2c2nn3c(C(C)C)ncc3c(=O)n2C)cn1.Cc1ccc([C@@H]2CCCN2c2nn3c(C(C)C)ncc3c(=O)n2C)cn1.Cc1ccc([C@H]2CCCN2c2nn3c(C(C)C)ncc3c(=O)n2C)cn1.O=CO[O-].[2H]CF.[Cs+].[Cs+].[H-]. The zero-order valence-electron chi connectivity index (χ0n) is 70.2. The molecule has 0 aromatic carbocycles. The van der Waals surface area contributed by atoms with Crippen LogP contribution in [0, 0.1) is 27.7 Å². The minimum Gasteiger partial charge on any atom is -1.00 e. The number of halogens is 2. The quantitative estimate of drug-likeness (QED) is 0.0863. The van der Waals surface area contributed by atoms with Gasteiger partial charge in [0.25, 0.3) is 28.7 Å². The molecular weight excluding hydrogens is 1700 g/mol. The number of imidazole rings is 4. The Balaban J connectivity index is 0.000000198. The number of carbonyl (C=O) groups excluding carboxylic acids is 1. The second-order valence-corrected chi connectivity index (χ2v) is 29.9. The fraction of sp³-hybridized carbons (Fsp3) is 0.481. The summed E-state index contributed by atoms with van der Waals surface area (Å²) in [6.45, 7) is 26.8. The van der Waals surface area contributed by atoms with Crippen molar-refractivity contribution < 1.29 is 160 Å². The van der Waals surface area contributed by atoms with Crippen LogP contribution in [0.4, 0.5) is 22.2 Å². The van der Waals surface area contributed by atoms with Crippen LogP contribution in [0.2, 0.25) is 5.28 Å². The van der Waals surface area contributed by atoms with Crippen LogP contribution in [0.15, 0.2) is 117 Å². The Hall–Kier alpha value is -6.85. The molecule has 16 rings (SSSR count). The molecule has 1 aliphatic carbocycles. The van der Waals surface area contributed by atoms with Crippen LogP contribution in [-0.2, 0) is 37.9 Å². The average Bonchev–Trinajstić information content (AvgIpc) is 1.19. The predicted octanol–water partition coefficient (Wildman–Crippen LogP) is 5.18. The number of rotatable bonds is 12. The maximum atomic E-state index is 12.9. The molecule has 3 atom stereocenters. The standard InChI is InChI=1S/3C19H24N6O.C11H15N.C9H11ClN4O.CH3F.CH2O3.2Cs.H/c3*1-12(2)17-21-11-16-18(26)23(4)19(22-25(16)17)24-9-5-6-15(24)14-8-7-13(3)20-10-14;1-9-6-7-11(8-12-9)10-4-2-3-5-10;1-5(2)7-11-4-6-8(15)13(3)9(10)12-14(6)7;1-2;2-1-4-3;;;/h3*7-8,10-12,15H,5-6,9H2,1-4H3;6-8,10H,2-5H2,1H3;4-5H,1-3H3;1H3;1,3H;;;/q;;;;;;;2*+1;-1/p-1/t2*15-;;;;;;;;/m10......../s1/i;;;;;1D;;;;. The van der Waals surface area contributed by atoms with E-state index < -0.39 is 7.15 Å². The van der Waals surface area contributed by atoms with Crippen LogP contribution in [-0.4, -0.2) is 130 Å². The number of pyridine rings is 4. The summed E-state index contributed by atoms with van der Waals surface area (Å²) in [5.74, 6) is 6.82. The second kappa shape index (κ2) is 41.8. The first kappa shape index (κ1) is 90.1. The first-order valence-corrected chi connectivity index (χ1v) is 38.0. The minimum atomic E-state index is -1.00. The third kappa shape index (κ3) is 20.9. The van der Waals surface area contributed by atoms with Gasteiger partial charge in [-0.3, -0.25) is 66.6 Å². The summed E-state index contributed by atoms with van der Waals surface area (Å²) in [4.78, 5) is 103. The first-order chi connectivity index (χ1) is 53.6. The fourth-order valence-corrected chi connectivity index (χ4v) is 14.7. The van der Waals surface area contributed by atoms with Crippen LogP contribution in [0.25, 0.3) is 22.1 Å². The summed E-state index contributed by atoms with van der Waals surface area (Å²) in [6.07, 6.45) is 26.1. The summed E-state index contributed by atoms with van der Waals surface area (Å²) < 4.78 is 28.4. The van der Waals surface area contributed by atoms with Gasteiger partial charge in [-0.05, 0) is 143 Å². The molecule has 12 aromatic rings. The molecule has 30 nitrogen and oxygen atoms in total. The van der Waals surface area contributed by atoms with Crippen molar-refractivity contribution in [1.82, 2.24) is 96.6 Å². The van der Waals surface area contributed by atoms with E-state index in [2.05, 4.69) is 136 Å². The molecule has 12 aromatic heterocycles. The van der Waals surface area contributed by atoms with Gasteiger partial charge in [0, 0.05) is 119 Å². The molecule has 34 heteroatoms. The Morgan fingerprint density at radius 2 is 0.690 bits per heavy atom. The minimum absolute atomic E-state index is 0. The molecular formula is C79H103ClCs2FN23O7. The van der Waals surface area contributed by atoms with Crippen molar-refractivity contribution in [3.8, 4) is 0 Å². The number of aromatic nitrogens is 20. The molecule has 4 fully saturated rings. The van der Waals surface area contributed by atoms with Gasteiger partial charge >= 0.3 is 138 Å². The fourth-order valence-electron chi connectivity index (χ4n) is 14.5. The van der Waals surface area contributed by atoms with Gasteiger partial charge in [0.05, 0.1) is 51.4 Å². The van der Waals surface area contributed by atoms with Gasteiger partial charge in [-0.2, -0.15) is 0 Å². The Bertz CT molecular complexity index is 5040. The van der Waals surface area contributed by atoms with Crippen molar-refractivity contribution >= 4 is 58.0 Å². The van der Waals surface area contributed by atoms with E-state index in [1.807, 2.05) is 84.5 Å². The molecule has 15 heterocycles. The van der Waals surface area contributed by atoms with Gasteiger partial charge in [0.2, 0.25) is 23.1 Å². The van der Waals surface area contributed by atoms with E-state index in [-0.39, 0.29) is 215 Å². The molecule has 0 amide bonds. The predicted molar refractivity (Wildman–Crippen MR) is 425 cm³/mol. The summed E-state index contributed by atoms with van der Waals surface area (Å²) in [5.41, 5.74) is 10.7. The maximum absolute atomic E-state index is 12.9. The number of hydrogen-bond acceptors (Lipinski definition) is 22. The smallest absolute Gasteiger partial charge is 1.00 e. The van der Waals surface area contributed by atoms with Crippen molar-refractivity contribution in [3.63, 3.8) is 0 Å². The number of anilines is 3. The van der Waals surface area contributed by atoms with Gasteiger partial charge in [-0.1, -0.05) is 92.5 Å². The second-order valence-electron chi connectivity index (χ2n) is 29.6. The number of nitrogens with zero attached hydrogens (tertiary/aromatic N) is 23. The van der Waals surface area contributed by atoms with Gasteiger partial charge < -0.3 is 26.3 Å². The molecule has 1 saturated carbocycles. The Kier molecular flexibility index (Phi) is 33.3. The summed E-state index contributed by atoms with van der Waals surface area (Å²) in [6, 6.07) is 17.4. The number of hydrogen-bond donors (Lipinski definition) is 0. The topological polar surface area (TPSA) is 319 Å².